The van der Waals surface area contributed by atoms with Crippen molar-refractivity contribution in [2.75, 3.05) is 19.6 Å². The molecule has 7 rings (SSSR count). The van der Waals surface area contributed by atoms with Crippen LogP contribution in [0.2, 0.25) is 0 Å². The number of benzene rings is 2. The molecule has 4 saturated heterocycles. The van der Waals surface area contributed by atoms with E-state index in [1.54, 1.807) is 36.5 Å². The van der Waals surface area contributed by atoms with Gasteiger partial charge in [-0.05, 0) is 49.8 Å². The Kier molecular flexibility index (Phi) is 12.2. The zero-order valence-corrected chi connectivity index (χ0v) is 34.3. The van der Waals surface area contributed by atoms with Crippen LogP contribution in [0.4, 0.5) is 4.79 Å². The summed E-state index contributed by atoms with van der Waals surface area (Å²) in [6.07, 6.45) is 1.75. The van der Waals surface area contributed by atoms with E-state index in [1.807, 2.05) is 24.3 Å². The van der Waals surface area contributed by atoms with Crippen molar-refractivity contribution in [3.05, 3.63) is 71.9 Å². The highest BCUT2D eigenvalue weighted by Gasteiger charge is 2.80. The third kappa shape index (κ3) is 7.86. The fourth-order valence-electron chi connectivity index (χ4n) is 9.44. The van der Waals surface area contributed by atoms with Crippen molar-refractivity contribution in [1.29, 1.82) is 0 Å². The molecule has 4 aliphatic heterocycles. The Labute approximate surface area is 356 Å². The summed E-state index contributed by atoms with van der Waals surface area (Å²) in [6.45, 7) is 0.691. The zero-order chi connectivity index (χ0) is 44.4. The number of carbonyl (C=O) groups is 8. The number of urea groups is 1. The summed E-state index contributed by atoms with van der Waals surface area (Å²) in [5.41, 5.74) is 12.9. The molecule has 0 aliphatic carbocycles. The van der Waals surface area contributed by atoms with E-state index in [4.69, 9.17) is 17.2 Å². The van der Waals surface area contributed by atoms with Crippen LogP contribution in [0.15, 0.2) is 65.8 Å². The number of guanidine groups is 1. The second-order valence-corrected chi connectivity index (χ2v) is 16.5. The SMILES string of the molecule is C[C@@]12NC3(C(=O)C[C@@H]4NC(=O)N(CCCCCC(=O)N[C@H](Cc5ccccc5)C3=O)C4=O)C1(CCN=C(N)N)NC[C@@H](C(N)=O)NC(=O)[C@H](Cc1c[nH]c3ccccc13)NC2=O. The molecule has 328 valence electrons. The number of imide groups is 1. The van der Waals surface area contributed by atoms with Gasteiger partial charge in [0.05, 0.1) is 11.6 Å². The third-order valence-electron chi connectivity index (χ3n) is 12.7. The molecule has 1 aromatic heterocycles. The molecule has 4 aliphatic rings. The van der Waals surface area contributed by atoms with Crippen LogP contribution in [0.1, 0.15) is 56.6 Å². The first kappa shape index (κ1) is 43.4. The number of nitrogens with zero attached hydrogens (tertiary/aromatic N) is 2. The summed E-state index contributed by atoms with van der Waals surface area (Å²) in [6, 6.07) is 9.87. The van der Waals surface area contributed by atoms with Crippen molar-refractivity contribution >= 4 is 64.0 Å². The van der Waals surface area contributed by atoms with Crippen molar-refractivity contribution in [3.63, 3.8) is 0 Å². The number of aliphatic imine (C=N–C) groups is 1. The molecule has 2 bridgehead atoms. The summed E-state index contributed by atoms with van der Waals surface area (Å²) in [7, 11) is 0. The van der Waals surface area contributed by atoms with Crippen LogP contribution in [0, 0.1) is 0 Å². The van der Waals surface area contributed by atoms with E-state index in [-0.39, 0.29) is 44.7 Å². The van der Waals surface area contributed by atoms with Crippen LogP contribution >= 0.6 is 0 Å². The predicted octanol–water partition coefficient (Wildman–Crippen LogP) is -1.98. The van der Waals surface area contributed by atoms with Crippen LogP contribution in [0.5, 0.6) is 0 Å². The number of amides is 7. The summed E-state index contributed by atoms with van der Waals surface area (Å²) >= 11 is 0. The highest BCUT2D eigenvalue weighted by molar-refractivity contribution is 6.21. The van der Waals surface area contributed by atoms with Gasteiger partial charge in [-0.25, -0.2) is 4.79 Å². The molecule has 13 N–H and O–H groups in total. The molecule has 7 atom stereocenters. The highest BCUT2D eigenvalue weighted by Crippen LogP contribution is 2.50. The zero-order valence-electron chi connectivity index (χ0n) is 34.3. The molecule has 1 spiro atoms. The minimum atomic E-state index is -2.50. The highest BCUT2D eigenvalue weighted by atomic mass is 16.2. The normalized spacial score (nSPS) is 29.9. The molecule has 0 saturated carbocycles. The molecule has 20 nitrogen and oxygen atoms in total. The molecule has 2 unspecified atom stereocenters. The summed E-state index contributed by atoms with van der Waals surface area (Å²) < 4.78 is 0. The molecule has 62 heavy (non-hydrogen) atoms. The van der Waals surface area contributed by atoms with Gasteiger partial charge < -0.3 is 48.8 Å². The number of primary amides is 1. The van der Waals surface area contributed by atoms with E-state index < -0.39 is 101 Å². The van der Waals surface area contributed by atoms with Crippen molar-refractivity contribution < 1.29 is 38.4 Å². The van der Waals surface area contributed by atoms with E-state index in [9.17, 15) is 24.0 Å². The van der Waals surface area contributed by atoms with E-state index in [0.717, 1.165) is 15.8 Å². The van der Waals surface area contributed by atoms with Crippen LogP contribution in [0.25, 0.3) is 10.9 Å². The van der Waals surface area contributed by atoms with E-state index in [1.165, 1.54) is 6.92 Å². The third-order valence-corrected chi connectivity index (χ3v) is 12.7. The van der Waals surface area contributed by atoms with E-state index >= 15 is 14.4 Å². The lowest BCUT2D eigenvalue weighted by Crippen LogP contribution is -3.01. The predicted molar refractivity (Wildman–Crippen MR) is 225 cm³/mol. The number of H-pyrrole nitrogens is 1. The Bertz CT molecular complexity index is 2330. The van der Waals surface area contributed by atoms with Crippen LogP contribution in [-0.4, -0.2) is 123 Å². The number of aromatic nitrogens is 1. The number of nitrogens with two attached hydrogens (primary N) is 3. The quantitative estimate of drug-likeness (QED) is 0.0511. The molecule has 5 heterocycles. The fourth-order valence-corrected chi connectivity index (χ4v) is 9.44. The number of fused-ring (bicyclic) bond motifs is 5. The molecular weight excluding hydrogens is 801 g/mol. The standard InChI is InChI=1S/C42H52N12O8/c1-40-37(61)51-28(19-24-21-47-26-13-8-7-12-25(24)26)35(59)50-30(34(43)58)22-48-41(40,15-16-46-38(44)45)42(53-40)31(55)20-29-36(60)54(39(62)52-29)17-9-3-6-14-32(56)49-27(33(42)57)18-23-10-4-2-5-11-23/h2,4-5,7-8,10-13,21,27-30,47-48,53H,3,6,9,14-20,22H2,1H3,(H2,43,58)(H,49,56)(H,50,59)(H,51,61)(H,52,62)(H4,44,45,46)/t27-,28+,29+,30+,40+,41?,42?/m1/s1. The second kappa shape index (κ2) is 17.4. The Morgan fingerprint density at radius 3 is 2.34 bits per heavy atom. The van der Waals surface area contributed by atoms with Gasteiger partial charge in [0.1, 0.15) is 23.7 Å². The lowest BCUT2D eigenvalue weighted by molar-refractivity contribution is -0.173. The van der Waals surface area contributed by atoms with Crippen LogP contribution in [0.3, 0.4) is 0 Å². The Morgan fingerprint density at radius 2 is 1.60 bits per heavy atom. The number of hydrogen-bond acceptors (Lipinski definition) is 11. The average Bonchev–Trinajstić information content (AvgIpc) is 3.76. The largest absolute Gasteiger partial charge is 0.370 e. The molecule has 2 aromatic carbocycles. The Hall–Kier alpha value is -6.67. The molecule has 7 amide bonds. The smallest absolute Gasteiger partial charge is 0.324 e. The number of rotatable bonds is 8. The van der Waals surface area contributed by atoms with Gasteiger partial charge in [-0.15, -0.1) is 0 Å². The topological polar surface area (TPSA) is 318 Å². The molecule has 4 fully saturated rings. The van der Waals surface area contributed by atoms with Gasteiger partial charge in [-0.3, -0.25) is 48.8 Å². The first-order valence-corrected chi connectivity index (χ1v) is 20.7. The monoisotopic (exact) mass is 852 g/mol. The fraction of sp³-hybridized carbons (Fsp3) is 0.452. The number of para-hydroxylation sites is 1. The van der Waals surface area contributed by atoms with Gasteiger partial charge >= 0.3 is 6.03 Å². The molecular formula is C42H52N12O8. The van der Waals surface area contributed by atoms with Crippen molar-refractivity contribution in [2.45, 2.75) is 99.1 Å². The van der Waals surface area contributed by atoms with Gasteiger partial charge in [-0.1, -0.05) is 55.0 Å². The summed E-state index contributed by atoms with van der Waals surface area (Å²) in [4.78, 5) is 122. The van der Waals surface area contributed by atoms with E-state index in [2.05, 4.69) is 41.9 Å². The van der Waals surface area contributed by atoms with Gasteiger partial charge in [0.2, 0.25) is 23.6 Å². The minimum Gasteiger partial charge on any atom is -0.370 e. The Balaban J connectivity index is 1.40. The Morgan fingerprint density at radius 1 is 0.855 bits per heavy atom. The minimum absolute atomic E-state index is 0.0124. The average molecular weight is 853 g/mol. The maximum atomic E-state index is 15.8. The van der Waals surface area contributed by atoms with Gasteiger partial charge in [0.15, 0.2) is 23.1 Å². The van der Waals surface area contributed by atoms with Crippen molar-refractivity contribution in [1.82, 2.24) is 41.8 Å². The number of nitrogens with one attached hydrogen (secondary N) is 7. The lowest BCUT2D eigenvalue weighted by atomic mass is 9.49. The number of ketones is 2. The summed E-state index contributed by atoms with van der Waals surface area (Å²) in [5.74, 6) is -5.83. The molecule has 20 heteroatoms. The maximum Gasteiger partial charge on any atom is 0.324 e. The number of Topliss-reactive ketones (excluding diaryl/α,β-unsaturated/α-hetero) is 2. The molecule has 0 radical (unpaired) electrons. The maximum absolute atomic E-state index is 15.8. The first-order valence-electron chi connectivity index (χ1n) is 20.7. The number of hydrogen-bond donors (Lipinski definition) is 10. The molecule has 3 aromatic rings. The van der Waals surface area contributed by atoms with Gasteiger partial charge in [-0.2, -0.15) is 0 Å². The van der Waals surface area contributed by atoms with Crippen molar-refractivity contribution in [2.24, 2.45) is 22.2 Å². The van der Waals surface area contributed by atoms with Gasteiger partial charge in [0.25, 0.3) is 5.91 Å². The second-order valence-electron chi connectivity index (χ2n) is 16.5. The van der Waals surface area contributed by atoms with Crippen molar-refractivity contribution in [3.8, 4) is 0 Å². The van der Waals surface area contributed by atoms with Gasteiger partial charge in [0, 0.05) is 56.0 Å². The first-order chi connectivity index (χ1) is 29.6. The summed E-state index contributed by atoms with van der Waals surface area (Å²) in [5, 5.41) is 17.9. The van der Waals surface area contributed by atoms with E-state index in [0.29, 0.717) is 30.4 Å². The lowest BCUT2D eigenvalue weighted by Gasteiger charge is -2.69. The number of aromatic amines is 1. The number of carbonyl (C=O) groups excluding carboxylic acids is 8. The van der Waals surface area contributed by atoms with Crippen LogP contribution < -0.4 is 49.1 Å². The van der Waals surface area contributed by atoms with Crippen LogP contribution in [-0.2, 0) is 46.4 Å².